The average molecular weight is 463 g/mol. The number of nitrogens with two attached hydrogens (primary N) is 1. The molecule has 1 saturated heterocycles. The molecule has 0 bridgehead atoms. The smallest absolute Gasteiger partial charge is 0.180 e. The molecule has 1 unspecified atom stereocenters. The fourth-order valence-electron chi connectivity index (χ4n) is 4.31. The molecule has 4 aromatic rings. The fourth-order valence-corrected chi connectivity index (χ4v) is 4.50. The van der Waals surface area contributed by atoms with Crippen molar-refractivity contribution in [3.63, 3.8) is 0 Å². The maximum Gasteiger partial charge on any atom is 0.180 e. The number of anilines is 1. The Bertz CT molecular complexity index is 1280. The standard InChI is InChI=1S/C24H27ClN8/c1-3-24(26,17-5-4-6-18(25)15-17)23-28-8-7-19(30-23)20-16-29-22-21(27-9-10-33(20)22)32-13-11-31(2)12-14-32/h4-10,15-16H,3,11-14,26H2,1-2H3. The summed E-state index contributed by atoms with van der Waals surface area (Å²) in [5.74, 6) is 1.44. The lowest BCUT2D eigenvalue weighted by Gasteiger charge is -2.33. The van der Waals surface area contributed by atoms with Gasteiger partial charge in [-0.15, -0.1) is 0 Å². The van der Waals surface area contributed by atoms with Crippen LogP contribution in [-0.4, -0.2) is 62.5 Å². The summed E-state index contributed by atoms with van der Waals surface area (Å²) >= 11 is 6.24. The molecule has 4 heterocycles. The van der Waals surface area contributed by atoms with Gasteiger partial charge in [-0.3, -0.25) is 4.40 Å². The number of piperazine rings is 1. The molecule has 3 aromatic heterocycles. The van der Waals surface area contributed by atoms with Crippen LogP contribution in [0.15, 0.2) is 55.1 Å². The van der Waals surface area contributed by atoms with E-state index < -0.39 is 5.54 Å². The van der Waals surface area contributed by atoms with Crippen LogP contribution in [0.4, 0.5) is 5.82 Å². The minimum Gasteiger partial charge on any atom is -0.351 e. The number of hydrogen-bond acceptors (Lipinski definition) is 7. The Labute approximate surface area is 198 Å². The summed E-state index contributed by atoms with van der Waals surface area (Å²) in [6, 6.07) is 9.47. The minimum absolute atomic E-state index is 0.549. The van der Waals surface area contributed by atoms with E-state index >= 15 is 0 Å². The number of rotatable bonds is 5. The van der Waals surface area contributed by atoms with Gasteiger partial charge in [0, 0.05) is 49.8 Å². The molecule has 1 aromatic carbocycles. The lowest BCUT2D eigenvalue weighted by molar-refractivity contribution is 0.312. The first-order valence-electron chi connectivity index (χ1n) is 11.1. The van der Waals surface area contributed by atoms with Gasteiger partial charge in [-0.05, 0) is 37.2 Å². The zero-order valence-corrected chi connectivity index (χ0v) is 19.6. The van der Waals surface area contributed by atoms with Gasteiger partial charge in [-0.1, -0.05) is 30.7 Å². The molecule has 0 aliphatic carbocycles. The van der Waals surface area contributed by atoms with Crippen LogP contribution in [0.5, 0.6) is 0 Å². The molecule has 8 nitrogen and oxygen atoms in total. The molecule has 1 fully saturated rings. The second-order valence-corrected chi connectivity index (χ2v) is 8.92. The number of benzene rings is 1. The van der Waals surface area contributed by atoms with Crippen LogP contribution in [0.25, 0.3) is 17.0 Å². The first kappa shape index (κ1) is 21.8. The number of hydrogen-bond donors (Lipinski definition) is 1. The Hall–Kier alpha value is -3.07. The molecule has 5 rings (SSSR count). The Kier molecular flexibility index (Phi) is 5.74. The lowest BCUT2D eigenvalue weighted by atomic mass is 9.87. The summed E-state index contributed by atoms with van der Waals surface area (Å²) in [4.78, 5) is 23.4. The molecule has 1 aliphatic heterocycles. The van der Waals surface area contributed by atoms with E-state index in [1.54, 1.807) is 6.20 Å². The van der Waals surface area contributed by atoms with Gasteiger partial charge in [0.1, 0.15) is 5.54 Å². The highest BCUT2D eigenvalue weighted by molar-refractivity contribution is 6.30. The first-order chi connectivity index (χ1) is 16.0. The van der Waals surface area contributed by atoms with E-state index in [1.165, 1.54) is 0 Å². The van der Waals surface area contributed by atoms with Gasteiger partial charge in [-0.2, -0.15) is 0 Å². The number of likely N-dealkylation sites (N-methyl/N-ethyl adjacent to an activating group) is 1. The highest BCUT2D eigenvalue weighted by atomic mass is 35.5. The van der Waals surface area contributed by atoms with Crippen molar-refractivity contribution in [2.45, 2.75) is 18.9 Å². The number of aromatic nitrogens is 5. The van der Waals surface area contributed by atoms with Gasteiger partial charge in [-0.25, -0.2) is 19.9 Å². The lowest BCUT2D eigenvalue weighted by Crippen LogP contribution is -2.45. The number of imidazole rings is 1. The van der Waals surface area contributed by atoms with E-state index in [-0.39, 0.29) is 0 Å². The molecule has 0 radical (unpaired) electrons. The highest BCUT2D eigenvalue weighted by Gasteiger charge is 2.31. The Morgan fingerprint density at radius 3 is 2.64 bits per heavy atom. The molecule has 9 heteroatoms. The zero-order chi connectivity index (χ0) is 23.0. The molecular formula is C24H27ClN8. The van der Waals surface area contributed by atoms with Gasteiger partial charge >= 0.3 is 0 Å². The van der Waals surface area contributed by atoms with Crippen molar-refractivity contribution in [2.75, 3.05) is 38.1 Å². The number of nitrogens with zero attached hydrogens (tertiary/aromatic N) is 7. The predicted molar refractivity (Wildman–Crippen MR) is 130 cm³/mol. The van der Waals surface area contributed by atoms with Gasteiger partial charge in [0.05, 0.1) is 17.6 Å². The SMILES string of the molecule is CCC(N)(c1cccc(Cl)c1)c1nccc(-c2cnc3c(N4CCN(C)CC4)nccn23)n1. The van der Waals surface area contributed by atoms with Gasteiger partial charge < -0.3 is 15.5 Å². The summed E-state index contributed by atoms with van der Waals surface area (Å²) in [7, 11) is 2.14. The quantitative estimate of drug-likeness (QED) is 0.487. The van der Waals surface area contributed by atoms with Gasteiger partial charge in [0.25, 0.3) is 0 Å². The molecule has 170 valence electrons. The maximum atomic E-state index is 6.85. The van der Waals surface area contributed by atoms with Crippen LogP contribution in [0, 0.1) is 0 Å². The fraction of sp³-hybridized carbons (Fsp3) is 0.333. The van der Waals surface area contributed by atoms with E-state index in [0.717, 1.165) is 54.6 Å². The number of halogens is 1. The van der Waals surface area contributed by atoms with Crippen molar-refractivity contribution in [1.29, 1.82) is 0 Å². The second kappa shape index (κ2) is 8.70. The molecule has 0 spiro atoms. The van der Waals surface area contributed by atoms with E-state index in [9.17, 15) is 0 Å². The summed E-state index contributed by atoms with van der Waals surface area (Å²) in [6.07, 6.45) is 7.96. The molecule has 1 atom stereocenters. The molecule has 1 aliphatic rings. The predicted octanol–water partition coefficient (Wildman–Crippen LogP) is 3.20. The first-order valence-corrected chi connectivity index (χ1v) is 11.5. The van der Waals surface area contributed by atoms with Gasteiger partial charge in [0.2, 0.25) is 0 Å². The van der Waals surface area contributed by atoms with E-state index in [0.29, 0.717) is 17.3 Å². The maximum absolute atomic E-state index is 6.85. The zero-order valence-electron chi connectivity index (χ0n) is 18.8. The summed E-state index contributed by atoms with van der Waals surface area (Å²) in [6.45, 7) is 5.89. The van der Waals surface area contributed by atoms with Gasteiger partial charge in [0.15, 0.2) is 17.3 Å². The number of fused-ring (bicyclic) bond motifs is 1. The van der Waals surface area contributed by atoms with E-state index in [2.05, 4.69) is 26.8 Å². The monoisotopic (exact) mass is 462 g/mol. The van der Waals surface area contributed by atoms with Crippen LogP contribution in [-0.2, 0) is 5.54 Å². The third-order valence-corrected chi connectivity index (χ3v) is 6.66. The summed E-state index contributed by atoms with van der Waals surface area (Å²) in [5.41, 5.74) is 9.33. The highest BCUT2D eigenvalue weighted by Crippen LogP contribution is 2.31. The van der Waals surface area contributed by atoms with Crippen molar-refractivity contribution in [1.82, 2.24) is 29.2 Å². The molecule has 33 heavy (non-hydrogen) atoms. The Balaban J connectivity index is 1.55. The van der Waals surface area contributed by atoms with E-state index in [4.69, 9.17) is 27.3 Å². The second-order valence-electron chi connectivity index (χ2n) is 8.48. The van der Waals surface area contributed by atoms with Crippen molar-refractivity contribution >= 4 is 23.1 Å². The average Bonchev–Trinajstić information content (AvgIpc) is 3.28. The normalized spacial score (nSPS) is 16.8. The molecule has 0 saturated carbocycles. The minimum atomic E-state index is -0.853. The molecular weight excluding hydrogens is 436 g/mol. The van der Waals surface area contributed by atoms with Crippen LogP contribution < -0.4 is 10.6 Å². The van der Waals surface area contributed by atoms with Crippen molar-refractivity contribution in [3.8, 4) is 11.4 Å². The third kappa shape index (κ3) is 3.94. The Morgan fingerprint density at radius 1 is 1.06 bits per heavy atom. The summed E-state index contributed by atoms with van der Waals surface area (Å²) in [5, 5.41) is 0.637. The third-order valence-electron chi connectivity index (χ3n) is 6.43. The molecule has 0 amide bonds. The Morgan fingerprint density at radius 2 is 1.88 bits per heavy atom. The van der Waals surface area contributed by atoms with Crippen LogP contribution in [0.1, 0.15) is 24.7 Å². The van der Waals surface area contributed by atoms with Crippen molar-refractivity contribution in [3.05, 3.63) is 71.5 Å². The summed E-state index contributed by atoms with van der Waals surface area (Å²) < 4.78 is 2.04. The largest absolute Gasteiger partial charge is 0.351 e. The molecule has 2 N–H and O–H groups in total. The van der Waals surface area contributed by atoms with Crippen LogP contribution >= 0.6 is 11.6 Å². The van der Waals surface area contributed by atoms with Crippen molar-refractivity contribution < 1.29 is 0 Å². The van der Waals surface area contributed by atoms with Crippen LogP contribution in [0.2, 0.25) is 5.02 Å². The van der Waals surface area contributed by atoms with E-state index in [1.807, 2.05) is 60.2 Å². The topological polar surface area (TPSA) is 88.5 Å². The van der Waals surface area contributed by atoms with Crippen molar-refractivity contribution in [2.24, 2.45) is 5.73 Å². The van der Waals surface area contributed by atoms with Crippen LogP contribution in [0.3, 0.4) is 0 Å².